The topological polar surface area (TPSA) is 42.7 Å². The molecule has 110 valence electrons. The second kappa shape index (κ2) is 6.37. The van der Waals surface area contributed by atoms with Crippen LogP contribution in [0.25, 0.3) is 10.2 Å². The fourth-order valence-corrected chi connectivity index (χ4v) is 3.23. The van der Waals surface area contributed by atoms with Crippen LogP contribution in [0.1, 0.15) is 37.4 Å². The first kappa shape index (κ1) is 14.2. The van der Waals surface area contributed by atoms with E-state index in [1.807, 2.05) is 17.1 Å². The Morgan fingerprint density at radius 1 is 1.29 bits per heavy atom. The molecule has 0 aliphatic rings. The number of hydrogen-bond acceptors (Lipinski definition) is 4. The van der Waals surface area contributed by atoms with Crippen molar-refractivity contribution in [1.82, 2.24) is 20.1 Å². The molecule has 0 saturated heterocycles. The zero-order chi connectivity index (χ0) is 14.7. The third kappa shape index (κ3) is 2.99. The van der Waals surface area contributed by atoms with E-state index in [0.717, 1.165) is 25.0 Å². The number of aryl methyl sites for hydroxylation is 1. The Balaban J connectivity index is 1.96. The van der Waals surface area contributed by atoms with Crippen molar-refractivity contribution in [3.8, 4) is 0 Å². The molecule has 0 aliphatic carbocycles. The third-order valence-corrected chi connectivity index (χ3v) is 4.42. The molecule has 4 nitrogen and oxygen atoms in total. The molecule has 5 heteroatoms. The van der Waals surface area contributed by atoms with Gasteiger partial charge >= 0.3 is 0 Å². The van der Waals surface area contributed by atoms with E-state index in [4.69, 9.17) is 0 Å². The molecule has 0 fully saturated rings. The molecule has 1 N–H and O–H groups in total. The van der Waals surface area contributed by atoms with Crippen molar-refractivity contribution in [3.63, 3.8) is 0 Å². The van der Waals surface area contributed by atoms with E-state index < -0.39 is 0 Å². The lowest BCUT2D eigenvalue weighted by Crippen LogP contribution is -2.23. The summed E-state index contributed by atoms with van der Waals surface area (Å²) in [5.41, 5.74) is 3.47. The van der Waals surface area contributed by atoms with Gasteiger partial charge in [-0.25, -0.2) is 0 Å². The standard InChI is InChI=1S/C16H20N4S/c1-3-6-17-16(13-10-19-20(4-2)11-13)12-8-15-14(18-9-12)5-7-21-15/h5,7-11,16-17H,3-4,6H2,1-2H3. The summed E-state index contributed by atoms with van der Waals surface area (Å²) in [6, 6.07) is 4.46. The highest BCUT2D eigenvalue weighted by molar-refractivity contribution is 7.17. The minimum Gasteiger partial charge on any atom is -0.306 e. The molecule has 0 aromatic carbocycles. The Bertz CT molecular complexity index is 716. The van der Waals surface area contributed by atoms with Gasteiger partial charge in [0.05, 0.1) is 22.5 Å². The first-order chi connectivity index (χ1) is 10.3. The van der Waals surface area contributed by atoms with Gasteiger partial charge in [0.25, 0.3) is 0 Å². The van der Waals surface area contributed by atoms with Gasteiger partial charge in [0.1, 0.15) is 0 Å². The predicted molar refractivity (Wildman–Crippen MR) is 87.7 cm³/mol. The van der Waals surface area contributed by atoms with Crippen LogP contribution in [0.4, 0.5) is 0 Å². The minimum atomic E-state index is 0.157. The summed E-state index contributed by atoms with van der Waals surface area (Å²) in [7, 11) is 0. The Morgan fingerprint density at radius 3 is 2.95 bits per heavy atom. The van der Waals surface area contributed by atoms with Crippen LogP contribution in [0.2, 0.25) is 0 Å². The van der Waals surface area contributed by atoms with Crippen LogP contribution in [0, 0.1) is 0 Å². The highest BCUT2D eigenvalue weighted by Crippen LogP contribution is 2.26. The fraction of sp³-hybridized carbons (Fsp3) is 0.375. The number of fused-ring (bicyclic) bond motifs is 1. The Hall–Kier alpha value is -1.72. The van der Waals surface area contributed by atoms with Crippen LogP contribution >= 0.6 is 11.3 Å². The molecule has 0 amide bonds. The van der Waals surface area contributed by atoms with Gasteiger partial charge in [-0.3, -0.25) is 9.67 Å². The highest BCUT2D eigenvalue weighted by atomic mass is 32.1. The zero-order valence-corrected chi connectivity index (χ0v) is 13.2. The molecule has 3 aromatic rings. The van der Waals surface area contributed by atoms with Crippen molar-refractivity contribution in [2.24, 2.45) is 0 Å². The number of nitrogens with one attached hydrogen (secondary N) is 1. The number of aromatic nitrogens is 3. The van der Waals surface area contributed by atoms with Crippen LogP contribution < -0.4 is 5.32 Å². The van der Waals surface area contributed by atoms with Crippen molar-refractivity contribution in [3.05, 3.63) is 47.2 Å². The average Bonchev–Trinajstić information content (AvgIpc) is 3.16. The van der Waals surface area contributed by atoms with E-state index >= 15 is 0 Å². The maximum atomic E-state index is 4.57. The summed E-state index contributed by atoms with van der Waals surface area (Å²) in [4.78, 5) is 4.57. The Morgan fingerprint density at radius 2 is 2.19 bits per heavy atom. The molecule has 3 rings (SSSR count). The van der Waals surface area contributed by atoms with Crippen LogP contribution in [0.5, 0.6) is 0 Å². The van der Waals surface area contributed by atoms with Gasteiger partial charge < -0.3 is 5.32 Å². The molecule has 0 radical (unpaired) electrons. The Labute approximate surface area is 128 Å². The lowest BCUT2D eigenvalue weighted by atomic mass is 10.0. The molecule has 21 heavy (non-hydrogen) atoms. The van der Waals surface area contributed by atoms with E-state index in [2.05, 4.69) is 53.0 Å². The first-order valence-corrected chi connectivity index (χ1v) is 8.28. The molecule has 1 atom stereocenters. The van der Waals surface area contributed by atoms with Crippen molar-refractivity contribution in [2.45, 2.75) is 32.9 Å². The smallest absolute Gasteiger partial charge is 0.0809 e. The van der Waals surface area contributed by atoms with Crippen molar-refractivity contribution >= 4 is 21.6 Å². The largest absolute Gasteiger partial charge is 0.306 e. The normalized spacial score (nSPS) is 12.9. The SMILES string of the molecule is CCCNC(c1cnc2ccsc2c1)c1cnn(CC)c1. The van der Waals surface area contributed by atoms with Gasteiger partial charge in [-0.15, -0.1) is 11.3 Å². The number of pyridine rings is 1. The zero-order valence-electron chi connectivity index (χ0n) is 12.4. The van der Waals surface area contributed by atoms with Crippen molar-refractivity contribution < 1.29 is 0 Å². The molecule has 0 spiro atoms. The number of hydrogen-bond donors (Lipinski definition) is 1. The summed E-state index contributed by atoms with van der Waals surface area (Å²) >= 11 is 1.74. The summed E-state index contributed by atoms with van der Waals surface area (Å²) in [6.07, 6.45) is 7.15. The third-order valence-electron chi connectivity index (χ3n) is 3.57. The van der Waals surface area contributed by atoms with Crippen LogP contribution in [0.15, 0.2) is 36.1 Å². The average molecular weight is 300 g/mol. The lowest BCUT2D eigenvalue weighted by molar-refractivity contribution is 0.595. The summed E-state index contributed by atoms with van der Waals surface area (Å²) in [6.45, 7) is 6.15. The highest BCUT2D eigenvalue weighted by Gasteiger charge is 2.16. The minimum absolute atomic E-state index is 0.157. The second-order valence-electron chi connectivity index (χ2n) is 5.09. The molecule has 3 aromatic heterocycles. The second-order valence-corrected chi connectivity index (χ2v) is 6.04. The number of rotatable bonds is 6. The van der Waals surface area contributed by atoms with E-state index in [0.29, 0.717) is 0 Å². The molecule has 0 aliphatic heterocycles. The predicted octanol–water partition coefficient (Wildman–Crippen LogP) is 3.60. The summed E-state index contributed by atoms with van der Waals surface area (Å²) < 4.78 is 3.20. The van der Waals surface area contributed by atoms with Gasteiger partial charge in [0.2, 0.25) is 0 Å². The quantitative estimate of drug-likeness (QED) is 0.756. The van der Waals surface area contributed by atoms with Gasteiger partial charge in [-0.2, -0.15) is 5.10 Å². The van der Waals surface area contributed by atoms with Crippen molar-refractivity contribution in [1.29, 1.82) is 0 Å². The maximum Gasteiger partial charge on any atom is 0.0809 e. The lowest BCUT2D eigenvalue weighted by Gasteiger charge is -2.17. The van der Waals surface area contributed by atoms with Crippen LogP contribution in [0.3, 0.4) is 0 Å². The van der Waals surface area contributed by atoms with Gasteiger partial charge in [0.15, 0.2) is 0 Å². The van der Waals surface area contributed by atoms with Gasteiger partial charge in [0, 0.05) is 24.5 Å². The summed E-state index contributed by atoms with van der Waals surface area (Å²) in [5.74, 6) is 0. The van der Waals surface area contributed by atoms with Gasteiger partial charge in [-0.05, 0) is 43.0 Å². The molecular weight excluding hydrogens is 280 g/mol. The summed E-state index contributed by atoms with van der Waals surface area (Å²) in [5, 5.41) is 10.1. The van der Waals surface area contributed by atoms with E-state index in [9.17, 15) is 0 Å². The number of nitrogens with zero attached hydrogens (tertiary/aromatic N) is 3. The molecule has 1 unspecified atom stereocenters. The maximum absolute atomic E-state index is 4.57. The van der Waals surface area contributed by atoms with E-state index in [1.165, 1.54) is 15.8 Å². The fourth-order valence-electron chi connectivity index (χ4n) is 2.44. The first-order valence-electron chi connectivity index (χ1n) is 7.40. The monoisotopic (exact) mass is 300 g/mol. The number of thiophene rings is 1. The molecule has 0 saturated carbocycles. The molecular formula is C16H20N4S. The van der Waals surface area contributed by atoms with E-state index in [-0.39, 0.29) is 6.04 Å². The van der Waals surface area contributed by atoms with Gasteiger partial charge in [-0.1, -0.05) is 6.92 Å². The van der Waals surface area contributed by atoms with Crippen molar-refractivity contribution in [2.75, 3.05) is 6.54 Å². The Kier molecular flexibility index (Phi) is 4.31. The van der Waals surface area contributed by atoms with Crippen LogP contribution in [-0.2, 0) is 6.54 Å². The van der Waals surface area contributed by atoms with Crippen LogP contribution in [-0.4, -0.2) is 21.3 Å². The molecule has 3 heterocycles. The molecule has 0 bridgehead atoms. The van der Waals surface area contributed by atoms with E-state index in [1.54, 1.807) is 11.3 Å².